The standard InChI is InChI=1S/C55H90N6O24/c1-5-6-23(2)28-7-8-29-37-30(13-36(55(28,29)4)78-21-26-15-60(59-57-26)50-44(73)42(71)48(34(18-64)80-50)84-52-45(74)40(69)38(67)32(16-62)81-52)54(3)10-9-27(66)11-24(54)12-31(37)77-20-25-14-56-61(58-25)22-79-51-47(76)43(72)49(35(19-65)83-51)85-53-46(75)41(70)39(68)33(17-63)82-53/h14-15,23-24,27-53,62-76H,5-13,16-22H2,1-4H3/t23-,24+,27-,28-,29+,30+,31-,32?,33?,34?,35?,36+,37+,38-,39-,40+,41+,42-,43-,44?,45?,46?,47?,48-,49-,50-,51-,52-,53-,54+,55-/m1/s1. The first-order valence-corrected chi connectivity index (χ1v) is 30.1. The van der Waals surface area contributed by atoms with Crippen molar-refractivity contribution in [2.75, 3.05) is 26.4 Å². The van der Waals surface area contributed by atoms with Crippen LogP contribution in [0.4, 0.5) is 0 Å². The van der Waals surface area contributed by atoms with E-state index in [-0.39, 0.29) is 66.7 Å². The molecule has 85 heavy (non-hydrogen) atoms. The number of hydrogen-bond acceptors (Lipinski definition) is 28. The van der Waals surface area contributed by atoms with Crippen LogP contribution in [0.2, 0.25) is 0 Å². The van der Waals surface area contributed by atoms with Crippen LogP contribution in [-0.4, -0.2) is 268 Å². The number of rotatable bonds is 21. The first-order chi connectivity index (χ1) is 40.6. The minimum absolute atomic E-state index is 0.0456. The van der Waals surface area contributed by atoms with E-state index in [2.05, 4.69) is 48.2 Å². The molecule has 15 N–H and O–H groups in total. The predicted octanol–water partition coefficient (Wildman–Crippen LogP) is -4.59. The molecule has 2 aromatic rings. The van der Waals surface area contributed by atoms with Gasteiger partial charge in [-0.2, -0.15) is 15.0 Å². The van der Waals surface area contributed by atoms with Crippen molar-refractivity contribution in [2.45, 2.75) is 247 Å². The van der Waals surface area contributed by atoms with Gasteiger partial charge in [0.25, 0.3) is 0 Å². The van der Waals surface area contributed by atoms with Crippen LogP contribution >= 0.6 is 0 Å². The van der Waals surface area contributed by atoms with Gasteiger partial charge in [-0.25, -0.2) is 4.68 Å². The zero-order chi connectivity index (χ0) is 61.0. The van der Waals surface area contributed by atoms with Gasteiger partial charge in [0, 0.05) is 5.41 Å². The lowest BCUT2D eigenvalue weighted by Crippen LogP contribution is -2.64. The maximum atomic E-state index is 11.4. The topological polar surface area (TPSA) is 448 Å². The highest BCUT2D eigenvalue weighted by molar-refractivity contribution is 5.16. The Hall–Kier alpha value is -2.68. The Morgan fingerprint density at radius 1 is 0.624 bits per heavy atom. The number of fused-ring (bicyclic) bond motifs is 5. The van der Waals surface area contributed by atoms with Gasteiger partial charge in [0.2, 0.25) is 0 Å². The fourth-order valence-corrected chi connectivity index (χ4v) is 16.1. The molecule has 0 radical (unpaired) electrons. The van der Waals surface area contributed by atoms with E-state index in [1.807, 2.05) is 0 Å². The number of hydrogen-bond donors (Lipinski definition) is 15. The summed E-state index contributed by atoms with van der Waals surface area (Å²) in [6, 6.07) is 0. The molecule has 10 rings (SSSR count). The van der Waals surface area contributed by atoms with Crippen LogP contribution in [0.25, 0.3) is 0 Å². The minimum Gasteiger partial charge on any atom is -0.394 e. The van der Waals surface area contributed by atoms with E-state index >= 15 is 0 Å². The summed E-state index contributed by atoms with van der Waals surface area (Å²) in [5.74, 6) is 1.25. The first kappa shape index (κ1) is 65.3. The molecule has 31 atom stereocenters. The van der Waals surface area contributed by atoms with E-state index in [9.17, 15) is 76.6 Å². The van der Waals surface area contributed by atoms with E-state index in [1.54, 1.807) is 12.4 Å². The average molecular weight is 1220 g/mol. The van der Waals surface area contributed by atoms with Crippen LogP contribution in [0.3, 0.4) is 0 Å². The summed E-state index contributed by atoms with van der Waals surface area (Å²) in [4.78, 5) is 1.22. The Labute approximate surface area is 491 Å². The molecule has 0 spiro atoms. The van der Waals surface area contributed by atoms with Crippen molar-refractivity contribution in [2.24, 2.45) is 46.3 Å². The van der Waals surface area contributed by atoms with Crippen molar-refractivity contribution in [3.8, 4) is 0 Å². The molecule has 4 saturated carbocycles. The normalized spacial score (nSPS) is 47.9. The largest absolute Gasteiger partial charge is 0.394 e. The molecule has 4 saturated heterocycles. The fraction of sp³-hybridized carbons (Fsp3) is 0.927. The second kappa shape index (κ2) is 27.0. The second-order valence-corrected chi connectivity index (χ2v) is 25.6. The minimum atomic E-state index is -1.82. The van der Waals surface area contributed by atoms with Gasteiger partial charge < -0.3 is 119 Å². The number of aliphatic hydroxyl groups is 15. The molecule has 6 heterocycles. The maximum absolute atomic E-state index is 11.4. The van der Waals surface area contributed by atoms with Gasteiger partial charge in [-0.15, -0.1) is 5.10 Å². The third-order valence-electron chi connectivity index (χ3n) is 20.8. The Kier molecular flexibility index (Phi) is 20.8. The van der Waals surface area contributed by atoms with Crippen molar-refractivity contribution in [3.05, 3.63) is 23.8 Å². The molecule has 30 nitrogen and oxygen atoms in total. The van der Waals surface area contributed by atoms with Crippen LogP contribution in [0, 0.1) is 46.3 Å². The molecule has 8 aliphatic rings. The highest BCUT2D eigenvalue weighted by Crippen LogP contribution is 2.69. The SMILES string of the molecule is CCC[C@@H](C)[C@H]1CC[C@H]2[C@@H]3[C@H](OCc4cnn(CO[C@@H]5OC(CO)[C@@H](O[C@H]6OC(CO)[C@@H](O)[C@H](O)C6O)[C@H](O)C5O)n4)C[C@@H]4C[C@H](O)CC[C@]4(C)[C@H]3C[C@H](OCc3cn([C@@H]4OC(CO)[C@@H](O[C@H]5OC(CO)[C@@H](O)[C@H](O)C5O)[C@H](O)C4O)nn3)[C@]12C. The fourth-order valence-electron chi connectivity index (χ4n) is 16.1. The van der Waals surface area contributed by atoms with Crippen LogP contribution in [0.1, 0.15) is 103 Å². The Balaban J connectivity index is 0.812. The van der Waals surface area contributed by atoms with Gasteiger partial charge in [0.1, 0.15) is 109 Å². The molecule has 2 aromatic heterocycles. The van der Waals surface area contributed by atoms with Gasteiger partial charge in [-0.05, 0) is 85.9 Å². The highest BCUT2D eigenvalue weighted by atomic mass is 16.7. The van der Waals surface area contributed by atoms with Gasteiger partial charge in [-0.1, -0.05) is 45.7 Å². The lowest BCUT2D eigenvalue weighted by molar-refractivity contribution is -0.362. The summed E-state index contributed by atoms with van der Waals surface area (Å²) < 4.78 is 55.3. The van der Waals surface area contributed by atoms with Crippen molar-refractivity contribution < 1.29 is 119 Å². The number of aliphatic hydroxyl groups excluding tert-OH is 15. The molecule has 0 bridgehead atoms. The van der Waals surface area contributed by atoms with E-state index in [0.29, 0.717) is 42.5 Å². The maximum Gasteiger partial charge on any atom is 0.189 e. The summed E-state index contributed by atoms with van der Waals surface area (Å²) >= 11 is 0. The third kappa shape index (κ3) is 12.5. The van der Waals surface area contributed by atoms with Gasteiger partial charge >= 0.3 is 0 Å². The van der Waals surface area contributed by atoms with Crippen molar-refractivity contribution in [1.82, 2.24) is 30.0 Å². The van der Waals surface area contributed by atoms with Crippen LogP contribution in [-0.2, 0) is 62.6 Å². The lowest BCUT2D eigenvalue weighted by Gasteiger charge is -2.64. The second-order valence-electron chi connectivity index (χ2n) is 25.6. The summed E-state index contributed by atoms with van der Waals surface area (Å²) in [5, 5.41) is 176. The van der Waals surface area contributed by atoms with Crippen molar-refractivity contribution >= 4 is 0 Å². The Bertz CT molecular complexity index is 2450. The van der Waals surface area contributed by atoms with Crippen molar-refractivity contribution in [3.63, 3.8) is 0 Å². The van der Waals surface area contributed by atoms with Crippen LogP contribution < -0.4 is 0 Å². The van der Waals surface area contributed by atoms with Crippen molar-refractivity contribution in [1.29, 1.82) is 0 Å². The Morgan fingerprint density at radius 3 is 1.84 bits per heavy atom. The average Bonchev–Trinajstić information content (AvgIpc) is 1.77. The zero-order valence-corrected chi connectivity index (χ0v) is 48.3. The molecule has 484 valence electrons. The van der Waals surface area contributed by atoms with Crippen LogP contribution in [0.15, 0.2) is 12.4 Å². The summed E-state index contributed by atoms with van der Waals surface area (Å²) in [7, 11) is 0. The molecule has 0 amide bonds. The molecular weight excluding hydrogens is 1130 g/mol. The van der Waals surface area contributed by atoms with Gasteiger partial charge in [-0.3, -0.25) is 0 Å². The molecule has 4 aliphatic heterocycles. The number of ether oxygens (including phenoxy) is 9. The van der Waals surface area contributed by atoms with E-state index < -0.39 is 155 Å². The number of nitrogens with zero attached hydrogens (tertiary/aromatic N) is 6. The molecule has 8 unspecified atom stereocenters. The molecule has 0 aromatic carbocycles. The number of aromatic nitrogens is 6. The summed E-state index contributed by atoms with van der Waals surface area (Å²) in [5.41, 5.74) is 0.445. The Morgan fingerprint density at radius 2 is 1.21 bits per heavy atom. The van der Waals surface area contributed by atoms with E-state index in [4.69, 9.17) is 42.6 Å². The summed E-state index contributed by atoms with van der Waals surface area (Å²) in [6.07, 6.45) is -22.2. The predicted molar refractivity (Wildman–Crippen MR) is 282 cm³/mol. The van der Waals surface area contributed by atoms with E-state index in [1.165, 1.54) is 9.48 Å². The highest BCUT2D eigenvalue weighted by Gasteiger charge is 2.67. The van der Waals surface area contributed by atoms with Gasteiger partial charge in [0.05, 0.1) is 70.3 Å². The summed E-state index contributed by atoms with van der Waals surface area (Å²) in [6.45, 7) is 6.14. The van der Waals surface area contributed by atoms with Gasteiger partial charge in [0.15, 0.2) is 31.8 Å². The molecule has 8 fully saturated rings. The zero-order valence-electron chi connectivity index (χ0n) is 48.3. The molecule has 30 heteroatoms. The van der Waals surface area contributed by atoms with E-state index in [0.717, 1.165) is 38.5 Å². The molecular formula is C55H90N6O24. The van der Waals surface area contributed by atoms with Crippen LogP contribution in [0.5, 0.6) is 0 Å². The first-order valence-electron chi connectivity index (χ1n) is 30.1. The lowest BCUT2D eigenvalue weighted by atomic mass is 9.43. The monoisotopic (exact) mass is 1220 g/mol. The smallest absolute Gasteiger partial charge is 0.189 e. The third-order valence-corrected chi connectivity index (χ3v) is 20.8. The molecule has 4 aliphatic carbocycles. The quantitative estimate of drug-likeness (QED) is 0.0559.